The fourth-order valence-electron chi connectivity index (χ4n) is 2.91. The molecule has 0 aliphatic rings. The maximum Gasteiger partial charge on any atom is 0.408 e. The number of nitrogens with one attached hydrogen (secondary N) is 4. The monoisotopic (exact) mass is 549 g/mol. The second kappa shape index (κ2) is 18.4. The summed E-state index contributed by atoms with van der Waals surface area (Å²) < 4.78 is 10.5. The van der Waals surface area contributed by atoms with Gasteiger partial charge in [-0.2, -0.15) is 0 Å². The van der Waals surface area contributed by atoms with Gasteiger partial charge in [0.05, 0.1) is 19.8 Å². The molecule has 0 aromatic heterocycles. The third kappa shape index (κ3) is 16.6. The van der Waals surface area contributed by atoms with Crippen molar-refractivity contribution in [3.8, 4) is 12.3 Å². The molecular weight excluding hydrogens is 506 g/mol. The lowest BCUT2D eigenvalue weighted by Gasteiger charge is -2.25. The normalized spacial score (nSPS) is 11.3. The zero-order valence-corrected chi connectivity index (χ0v) is 23.7. The molecule has 1 unspecified atom stereocenters. The molecule has 12 nitrogen and oxygen atoms in total. The van der Waals surface area contributed by atoms with Crippen LogP contribution in [0, 0.1) is 18.3 Å². The number of aliphatic hydroxyl groups is 1. The van der Waals surface area contributed by atoms with Crippen LogP contribution in [0.2, 0.25) is 0 Å². The molecule has 0 saturated carbocycles. The number of amides is 5. The Kier molecular flexibility index (Phi) is 16.6. The van der Waals surface area contributed by atoms with Crippen molar-refractivity contribution in [1.29, 1.82) is 0 Å². The van der Waals surface area contributed by atoms with Crippen molar-refractivity contribution in [2.45, 2.75) is 72.8 Å². The molecule has 5 amide bonds. The number of terminal acetylenes is 1. The minimum atomic E-state index is -0.860. The van der Waals surface area contributed by atoms with Crippen LogP contribution < -0.4 is 27.0 Å². The number of urea groups is 1. The SMILES string of the molecule is C#CCOCc1cc(NC(=O)CNC(=O)C(NC(=O)OC(C)(C)C)C(C)C)ccc1CO.CCCNC(N)=O. The first-order chi connectivity index (χ1) is 18.2. The highest BCUT2D eigenvalue weighted by Crippen LogP contribution is 2.17. The van der Waals surface area contributed by atoms with Crippen molar-refractivity contribution in [2.24, 2.45) is 11.7 Å². The van der Waals surface area contributed by atoms with Crippen molar-refractivity contribution in [3.05, 3.63) is 29.3 Å². The van der Waals surface area contributed by atoms with E-state index >= 15 is 0 Å². The van der Waals surface area contributed by atoms with Crippen LogP contribution in [-0.4, -0.2) is 60.4 Å². The predicted octanol–water partition coefficient (Wildman–Crippen LogP) is 2.00. The highest BCUT2D eigenvalue weighted by Gasteiger charge is 2.27. The molecule has 0 saturated heterocycles. The summed E-state index contributed by atoms with van der Waals surface area (Å²) in [6, 6.07) is 3.67. The molecule has 0 fully saturated rings. The van der Waals surface area contributed by atoms with Gasteiger partial charge in [-0.3, -0.25) is 9.59 Å². The Morgan fingerprint density at radius 2 is 1.79 bits per heavy atom. The van der Waals surface area contributed by atoms with Gasteiger partial charge in [-0.05, 0) is 56.4 Å². The van der Waals surface area contributed by atoms with E-state index in [1.54, 1.807) is 52.8 Å². The van der Waals surface area contributed by atoms with Crippen LogP contribution in [0.5, 0.6) is 0 Å². The van der Waals surface area contributed by atoms with Crippen molar-refractivity contribution in [2.75, 3.05) is 25.0 Å². The Labute approximate surface area is 230 Å². The first-order valence-corrected chi connectivity index (χ1v) is 12.6. The number of alkyl carbamates (subject to hydrolysis) is 1. The summed E-state index contributed by atoms with van der Waals surface area (Å²) in [7, 11) is 0. The van der Waals surface area contributed by atoms with Gasteiger partial charge in [-0.15, -0.1) is 6.42 Å². The molecule has 1 aromatic carbocycles. The summed E-state index contributed by atoms with van der Waals surface area (Å²) >= 11 is 0. The minimum absolute atomic E-state index is 0.127. The summed E-state index contributed by atoms with van der Waals surface area (Å²) in [5.74, 6) is 1.19. The van der Waals surface area contributed by atoms with Gasteiger partial charge in [0, 0.05) is 12.2 Å². The summed E-state index contributed by atoms with van der Waals surface area (Å²) in [6.45, 7) is 11.2. The second-order valence-corrected chi connectivity index (χ2v) is 9.76. The van der Waals surface area contributed by atoms with Gasteiger partial charge in [0.15, 0.2) is 0 Å². The van der Waals surface area contributed by atoms with Gasteiger partial charge in [0.25, 0.3) is 0 Å². The molecule has 0 bridgehead atoms. The number of carbonyl (C=O) groups excluding carboxylic acids is 4. The number of hydrogen-bond acceptors (Lipinski definition) is 7. The number of ether oxygens (including phenoxy) is 2. The lowest BCUT2D eigenvalue weighted by atomic mass is 10.0. The predicted molar refractivity (Wildman–Crippen MR) is 148 cm³/mol. The standard InChI is InChI=1S/C23H33N3O6.C4H10N2O/c1-7-10-31-14-17-11-18(9-8-16(17)13-27)25-19(28)12-24-21(29)20(15(2)3)26-22(30)32-23(4,5)6;1-2-3-6-4(5)7/h1,8-9,11,15,20,27H,10,12-14H2,2-6H3,(H,24,29)(H,25,28)(H,26,30);2-3H2,1H3,(H3,5,6,7). The quantitative estimate of drug-likeness (QED) is 0.170. The van der Waals surface area contributed by atoms with Crippen molar-refractivity contribution < 1.29 is 33.8 Å². The maximum atomic E-state index is 12.5. The van der Waals surface area contributed by atoms with Gasteiger partial charge >= 0.3 is 12.1 Å². The number of anilines is 1. The third-order valence-corrected chi connectivity index (χ3v) is 4.70. The topological polar surface area (TPSA) is 181 Å². The summed E-state index contributed by atoms with van der Waals surface area (Å²) in [6.07, 6.45) is 5.39. The Morgan fingerprint density at radius 3 is 2.28 bits per heavy atom. The molecule has 7 N–H and O–H groups in total. The average molecular weight is 550 g/mol. The van der Waals surface area contributed by atoms with E-state index in [2.05, 4.69) is 27.2 Å². The van der Waals surface area contributed by atoms with Gasteiger partial charge in [-0.1, -0.05) is 32.8 Å². The smallest absolute Gasteiger partial charge is 0.408 e. The van der Waals surface area contributed by atoms with Crippen LogP contribution in [0.4, 0.5) is 15.3 Å². The molecule has 0 spiro atoms. The summed E-state index contributed by atoms with van der Waals surface area (Å²) in [5, 5.41) is 19.6. The van der Waals surface area contributed by atoms with Crippen molar-refractivity contribution >= 4 is 29.6 Å². The number of carbonyl (C=O) groups is 4. The molecule has 12 heteroatoms. The molecule has 1 aromatic rings. The highest BCUT2D eigenvalue weighted by molar-refractivity contribution is 5.96. The molecule has 0 aliphatic carbocycles. The van der Waals surface area contributed by atoms with E-state index in [0.29, 0.717) is 23.4 Å². The Bertz CT molecular complexity index is 984. The van der Waals surface area contributed by atoms with E-state index in [0.717, 1.165) is 6.42 Å². The number of primary amides is 1. The maximum absolute atomic E-state index is 12.5. The van der Waals surface area contributed by atoms with Crippen LogP contribution >= 0.6 is 0 Å². The lowest BCUT2D eigenvalue weighted by Crippen LogP contribution is -2.52. The molecule has 1 atom stereocenters. The lowest BCUT2D eigenvalue weighted by molar-refractivity contribution is -0.126. The fourth-order valence-corrected chi connectivity index (χ4v) is 2.91. The minimum Gasteiger partial charge on any atom is -0.444 e. The average Bonchev–Trinajstić information content (AvgIpc) is 2.84. The number of hydrogen-bond donors (Lipinski definition) is 6. The molecule has 0 aliphatic heterocycles. The zero-order valence-electron chi connectivity index (χ0n) is 23.7. The van der Waals surface area contributed by atoms with Gasteiger partial charge < -0.3 is 41.6 Å². The van der Waals surface area contributed by atoms with Crippen LogP contribution in [0.25, 0.3) is 0 Å². The van der Waals surface area contributed by atoms with Crippen LogP contribution in [0.3, 0.4) is 0 Å². The molecular formula is C27H43N5O7. The Balaban J connectivity index is 0.00000181. The number of aliphatic hydroxyl groups excluding tert-OH is 1. The Hall–Kier alpha value is -3.82. The van der Waals surface area contributed by atoms with Gasteiger partial charge in [-0.25, -0.2) is 9.59 Å². The first kappa shape index (κ1) is 35.2. The van der Waals surface area contributed by atoms with E-state index in [1.807, 2.05) is 6.92 Å². The molecule has 1 rings (SSSR count). The van der Waals surface area contributed by atoms with Crippen molar-refractivity contribution in [3.63, 3.8) is 0 Å². The second-order valence-electron chi connectivity index (χ2n) is 9.76. The first-order valence-electron chi connectivity index (χ1n) is 12.6. The third-order valence-electron chi connectivity index (χ3n) is 4.70. The van der Waals surface area contributed by atoms with E-state index in [4.69, 9.17) is 21.6 Å². The van der Waals surface area contributed by atoms with Crippen LogP contribution in [0.1, 0.15) is 59.1 Å². The zero-order chi connectivity index (χ0) is 30.0. The summed E-state index contributed by atoms with van der Waals surface area (Å²) in [4.78, 5) is 46.7. The van der Waals surface area contributed by atoms with Gasteiger partial charge in [0.2, 0.25) is 11.8 Å². The fraction of sp³-hybridized carbons (Fsp3) is 0.556. The van der Waals surface area contributed by atoms with E-state index in [9.17, 15) is 24.3 Å². The van der Waals surface area contributed by atoms with E-state index in [-0.39, 0.29) is 32.3 Å². The molecule has 39 heavy (non-hydrogen) atoms. The highest BCUT2D eigenvalue weighted by atomic mass is 16.6. The largest absolute Gasteiger partial charge is 0.444 e. The number of rotatable bonds is 12. The Morgan fingerprint density at radius 1 is 1.13 bits per heavy atom. The van der Waals surface area contributed by atoms with E-state index in [1.165, 1.54) is 0 Å². The number of nitrogens with two attached hydrogens (primary N) is 1. The van der Waals surface area contributed by atoms with Gasteiger partial charge in [0.1, 0.15) is 18.2 Å². The van der Waals surface area contributed by atoms with Crippen LogP contribution in [0.15, 0.2) is 18.2 Å². The van der Waals surface area contributed by atoms with Crippen LogP contribution in [-0.2, 0) is 32.3 Å². The molecule has 218 valence electrons. The van der Waals surface area contributed by atoms with E-state index < -0.39 is 35.6 Å². The number of benzene rings is 1. The molecule has 0 heterocycles. The summed E-state index contributed by atoms with van der Waals surface area (Å²) in [5.41, 5.74) is 5.85. The molecule has 0 radical (unpaired) electrons. The van der Waals surface area contributed by atoms with Crippen molar-refractivity contribution in [1.82, 2.24) is 16.0 Å².